The SMILES string of the molecule is CON=Cc1ccc(C#N)cc1. The van der Waals surface area contributed by atoms with Crippen molar-refractivity contribution in [2.75, 3.05) is 7.11 Å². The van der Waals surface area contributed by atoms with Crippen molar-refractivity contribution < 1.29 is 4.84 Å². The first-order valence-corrected chi connectivity index (χ1v) is 3.43. The number of oxime groups is 1. The third kappa shape index (κ3) is 2.10. The quantitative estimate of drug-likeness (QED) is 0.486. The van der Waals surface area contributed by atoms with E-state index in [0.29, 0.717) is 5.56 Å². The molecule has 1 aromatic carbocycles. The summed E-state index contributed by atoms with van der Waals surface area (Å²) in [6.07, 6.45) is 1.58. The van der Waals surface area contributed by atoms with E-state index in [1.807, 2.05) is 6.07 Å². The van der Waals surface area contributed by atoms with E-state index in [-0.39, 0.29) is 0 Å². The lowest BCUT2D eigenvalue weighted by atomic mass is 10.2. The van der Waals surface area contributed by atoms with E-state index in [1.165, 1.54) is 7.11 Å². The van der Waals surface area contributed by atoms with Gasteiger partial charge < -0.3 is 4.84 Å². The van der Waals surface area contributed by atoms with Gasteiger partial charge in [-0.2, -0.15) is 5.26 Å². The van der Waals surface area contributed by atoms with Crippen LogP contribution in [0, 0.1) is 11.3 Å². The van der Waals surface area contributed by atoms with Crippen molar-refractivity contribution in [3.8, 4) is 6.07 Å². The molecule has 0 aliphatic rings. The molecular formula is C9H8N2O. The van der Waals surface area contributed by atoms with Gasteiger partial charge in [-0.25, -0.2) is 0 Å². The Morgan fingerprint density at radius 1 is 1.42 bits per heavy atom. The van der Waals surface area contributed by atoms with Crippen LogP contribution in [0.4, 0.5) is 0 Å². The van der Waals surface area contributed by atoms with E-state index in [9.17, 15) is 0 Å². The molecule has 0 aliphatic carbocycles. The average Bonchev–Trinajstić information content (AvgIpc) is 2.15. The first-order chi connectivity index (χ1) is 5.86. The third-order valence-electron chi connectivity index (χ3n) is 1.35. The van der Waals surface area contributed by atoms with E-state index in [4.69, 9.17) is 5.26 Å². The second-order valence-electron chi connectivity index (χ2n) is 2.15. The summed E-state index contributed by atoms with van der Waals surface area (Å²) in [5.74, 6) is 0. The van der Waals surface area contributed by atoms with Gasteiger partial charge in [-0.3, -0.25) is 0 Å². The molecule has 0 bridgehead atoms. The van der Waals surface area contributed by atoms with Crippen LogP contribution < -0.4 is 0 Å². The smallest absolute Gasteiger partial charge is 0.106 e. The van der Waals surface area contributed by atoms with Crippen LogP contribution in [-0.4, -0.2) is 13.3 Å². The third-order valence-corrected chi connectivity index (χ3v) is 1.35. The first-order valence-electron chi connectivity index (χ1n) is 3.43. The summed E-state index contributed by atoms with van der Waals surface area (Å²) in [4.78, 5) is 4.51. The van der Waals surface area contributed by atoms with Gasteiger partial charge in [0.25, 0.3) is 0 Å². The van der Waals surface area contributed by atoms with Crippen molar-refractivity contribution in [1.82, 2.24) is 0 Å². The van der Waals surface area contributed by atoms with E-state index >= 15 is 0 Å². The van der Waals surface area contributed by atoms with Crippen LogP contribution in [0.5, 0.6) is 0 Å². The minimum absolute atomic E-state index is 0.643. The van der Waals surface area contributed by atoms with Gasteiger partial charge in [0.2, 0.25) is 0 Å². The normalized spacial score (nSPS) is 9.67. The molecule has 0 aromatic heterocycles. The summed E-state index contributed by atoms with van der Waals surface area (Å²) in [5, 5.41) is 12.1. The van der Waals surface area contributed by atoms with Crippen molar-refractivity contribution >= 4 is 6.21 Å². The molecule has 0 radical (unpaired) electrons. The van der Waals surface area contributed by atoms with Gasteiger partial charge in [-0.1, -0.05) is 17.3 Å². The Hall–Kier alpha value is -1.82. The average molecular weight is 160 g/mol. The minimum atomic E-state index is 0.643. The molecule has 0 fully saturated rings. The Labute approximate surface area is 70.9 Å². The summed E-state index contributed by atoms with van der Waals surface area (Å²) in [7, 11) is 1.49. The molecule has 0 aliphatic heterocycles. The summed E-state index contributed by atoms with van der Waals surface area (Å²) < 4.78 is 0. The first kappa shape index (κ1) is 8.28. The van der Waals surface area contributed by atoms with Gasteiger partial charge >= 0.3 is 0 Å². The summed E-state index contributed by atoms with van der Waals surface area (Å²) in [6.45, 7) is 0. The molecule has 0 heterocycles. The molecule has 0 saturated carbocycles. The molecule has 1 rings (SSSR count). The summed E-state index contributed by atoms with van der Waals surface area (Å²) in [6, 6.07) is 9.11. The van der Waals surface area contributed by atoms with E-state index in [0.717, 1.165) is 5.56 Å². The molecule has 0 N–H and O–H groups in total. The zero-order valence-electron chi connectivity index (χ0n) is 6.69. The molecule has 1 aromatic rings. The van der Waals surface area contributed by atoms with E-state index in [2.05, 4.69) is 9.99 Å². The van der Waals surface area contributed by atoms with Crippen molar-refractivity contribution in [3.63, 3.8) is 0 Å². The number of nitrogens with zero attached hydrogens (tertiary/aromatic N) is 2. The minimum Gasteiger partial charge on any atom is -0.399 e. The number of nitriles is 1. The van der Waals surface area contributed by atoms with Crippen molar-refractivity contribution in [2.24, 2.45) is 5.16 Å². The van der Waals surface area contributed by atoms with Crippen LogP contribution in [-0.2, 0) is 4.84 Å². The second kappa shape index (κ2) is 4.14. The highest BCUT2D eigenvalue weighted by atomic mass is 16.6. The number of hydrogen-bond acceptors (Lipinski definition) is 3. The fourth-order valence-corrected chi connectivity index (χ4v) is 0.757. The highest BCUT2D eigenvalue weighted by molar-refractivity contribution is 5.79. The number of hydrogen-bond donors (Lipinski definition) is 0. The van der Waals surface area contributed by atoms with Crippen LogP contribution in [0.1, 0.15) is 11.1 Å². The van der Waals surface area contributed by atoms with Crippen molar-refractivity contribution in [1.29, 1.82) is 5.26 Å². The Morgan fingerprint density at radius 2 is 2.08 bits per heavy atom. The lowest BCUT2D eigenvalue weighted by molar-refractivity contribution is 0.215. The lowest BCUT2D eigenvalue weighted by Gasteiger charge is -1.91. The van der Waals surface area contributed by atoms with Gasteiger partial charge in [0, 0.05) is 0 Å². The maximum Gasteiger partial charge on any atom is 0.106 e. The molecule has 0 saturated heterocycles. The van der Waals surface area contributed by atoms with E-state index < -0.39 is 0 Å². The van der Waals surface area contributed by atoms with Gasteiger partial charge in [-0.15, -0.1) is 0 Å². The van der Waals surface area contributed by atoms with Crippen LogP contribution in [0.15, 0.2) is 29.4 Å². The van der Waals surface area contributed by atoms with Crippen LogP contribution in [0.2, 0.25) is 0 Å². The molecule has 3 nitrogen and oxygen atoms in total. The van der Waals surface area contributed by atoms with Crippen molar-refractivity contribution in [3.05, 3.63) is 35.4 Å². The summed E-state index contributed by atoms with van der Waals surface area (Å²) in [5.41, 5.74) is 1.56. The second-order valence-corrected chi connectivity index (χ2v) is 2.15. The van der Waals surface area contributed by atoms with Crippen LogP contribution >= 0.6 is 0 Å². The Morgan fingerprint density at radius 3 is 2.58 bits per heavy atom. The standard InChI is InChI=1S/C9H8N2O/c1-12-11-7-9-4-2-8(6-10)3-5-9/h2-5,7H,1H3. The van der Waals surface area contributed by atoms with Gasteiger partial charge in [0.05, 0.1) is 17.8 Å². The largest absolute Gasteiger partial charge is 0.399 e. The molecule has 0 spiro atoms. The Kier molecular flexibility index (Phi) is 2.86. The maximum absolute atomic E-state index is 8.50. The Balaban J connectivity index is 2.80. The molecule has 0 atom stereocenters. The predicted molar refractivity (Wildman–Crippen MR) is 45.8 cm³/mol. The van der Waals surface area contributed by atoms with Gasteiger partial charge in [0.15, 0.2) is 0 Å². The highest BCUT2D eigenvalue weighted by Gasteiger charge is 1.89. The Bertz CT molecular complexity index is 308. The van der Waals surface area contributed by atoms with E-state index in [1.54, 1.807) is 30.5 Å². The highest BCUT2D eigenvalue weighted by Crippen LogP contribution is 2.00. The monoisotopic (exact) mass is 160 g/mol. The lowest BCUT2D eigenvalue weighted by Crippen LogP contribution is -1.81. The number of rotatable bonds is 2. The maximum atomic E-state index is 8.50. The molecule has 12 heavy (non-hydrogen) atoms. The van der Waals surface area contributed by atoms with Crippen LogP contribution in [0.25, 0.3) is 0 Å². The molecule has 0 amide bonds. The van der Waals surface area contributed by atoms with Crippen LogP contribution in [0.3, 0.4) is 0 Å². The zero-order valence-corrected chi connectivity index (χ0v) is 6.69. The summed E-state index contributed by atoms with van der Waals surface area (Å²) >= 11 is 0. The zero-order chi connectivity index (χ0) is 8.81. The predicted octanol–water partition coefficient (Wildman–Crippen LogP) is 1.54. The number of benzene rings is 1. The van der Waals surface area contributed by atoms with Gasteiger partial charge in [-0.05, 0) is 17.7 Å². The fraction of sp³-hybridized carbons (Fsp3) is 0.111. The molecule has 60 valence electrons. The van der Waals surface area contributed by atoms with Crippen molar-refractivity contribution in [2.45, 2.75) is 0 Å². The molecule has 3 heteroatoms. The van der Waals surface area contributed by atoms with Gasteiger partial charge in [0.1, 0.15) is 7.11 Å². The topological polar surface area (TPSA) is 45.4 Å². The molecule has 0 unspecified atom stereocenters. The fourth-order valence-electron chi connectivity index (χ4n) is 0.757. The molecular weight excluding hydrogens is 152 g/mol.